The summed E-state index contributed by atoms with van der Waals surface area (Å²) in [7, 11) is 0. The van der Waals surface area contributed by atoms with Gasteiger partial charge in [0.1, 0.15) is 0 Å². The molecule has 1 atom stereocenters. The van der Waals surface area contributed by atoms with E-state index < -0.39 is 5.41 Å². The van der Waals surface area contributed by atoms with Gasteiger partial charge in [0.05, 0.1) is 11.1 Å². The molecule has 1 spiro atoms. The van der Waals surface area contributed by atoms with Gasteiger partial charge in [-0.3, -0.25) is 0 Å². The van der Waals surface area contributed by atoms with Crippen LogP contribution in [0.1, 0.15) is 22.3 Å². The molecule has 0 fully saturated rings. The van der Waals surface area contributed by atoms with Crippen molar-refractivity contribution in [3.8, 4) is 22.3 Å². The highest BCUT2D eigenvalue weighted by Gasteiger charge is 2.48. The fraction of sp³-hybridized carbons (Fsp3) is 0.0182. The van der Waals surface area contributed by atoms with Crippen LogP contribution >= 0.6 is 11.8 Å². The van der Waals surface area contributed by atoms with Crippen LogP contribution in [-0.2, 0) is 5.41 Å². The Labute approximate surface area is 336 Å². The van der Waals surface area contributed by atoms with Gasteiger partial charge in [-0.2, -0.15) is 0 Å². The molecule has 0 saturated heterocycles. The highest BCUT2D eigenvalue weighted by molar-refractivity contribution is 7.99. The van der Waals surface area contributed by atoms with Crippen molar-refractivity contribution in [2.24, 2.45) is 0 Å². The van der Waals surface area contributed by atoms with Crippen molar-refractivity contribution < 1.29 is 0 Å². The minimum atomic E-state index is -0.536. The van der Waals surface area contributed by atoms with E-state index in [2.05, 4.69) is 217 Å². The van der Waals surface area contributed by atoms with Crippen LogP contribution < -0.4 is 4.90 Å². The second-order valence-electron chi connectivity index (χ2n) is 15.2. The van der Waals surface area contributed by atoms with Crippen LogP contribution in [0, 0.1) is 0 Å². The van der Waals surface area contributed by atoms with Gasteiger partial charge < -0.3 is 4.90 Å². The maximum Gasteiger partial charge on any atom is 0.0736 e. The average Bonchev–Trinajstić information content (AvgIpc) is 3.28. The fourth-order valence-electron chi connectivity index (χ4n) is 9.92. The first-order valence-corrected chi connectivity index (χ1v) is 20.5. The zero-order chi connectivity index (χ0) is 37.5. The Morgan fingerprint density at radius 3 is 1.88 bits per heavy atom. The Morgan fingerprint density at radius 2 is 0.965 bits per heavy atom. The third kappa shape index (κ3) is 4.72. The molecule has 266 valence electrons. The van der Waals surface area contributed by atoms with Gasteiger partial charge in [0.25, 0.3) is 0 Å². The number of anilines is 3. The standard InChI is InChI=1S/C55H35NS/c1-2-15-37(16-3-1)42-21-12-23-45-43(42)22-13-28-51(45)56(40-31-30-36-14-4-5-17-39(36)34-40)41-32-33-53-50(35-41)55(48-26-8-9-29-52(48)57-53)47-25-7-6-20-44(47)46-24-10-18-38-19-11-27-49(55)54(38)46/h1-35H. The van der Waals surface area contributed by atoms with Crippen molar-refractivity contribution in [2.75, 3.05) is 4.90 Å². The van der Waals surface area contributed by atoms with E-state index >= 15 is 0 Å². The topological polar surface area (TPSA) is 3.24 Å². The van der Waals surface area contributed by atoms with E-state index in [1.165, 1.54) is 86.6 Å². The molecule has 0 aromatic heterocycles. The Kier molecular flexibility index (Phi) is 7.14. The molecule has 0 saturated carbocycles. The molecule has 0 N–H and O–H groups in total. The first-order chi connectivity index (χ1) is 28.3. The quantitative estimate of drug-likeness (QED) is 0.177. The molecular weight excluding hydrogens is 707 g/mol. The third-order valence-corrected chi connectivity index (χ3v) is 13.4. The van der Waals surface area contributed by atoms with Crippen molar-refractivity contribution in [3.63, 3.8) is 0 Å². The zero-order valence-electron chi connectivity index (χ0n) is 31.1. The highest BCUT2D eigenvalue weighted by Crippen LogP contribution is 2.62. The smallest absolute Gasteiger partial charge is 0.0736 e. The van der Waals surface area contributed by atoms with Crippen LogP contribution in [0.5, 0.6) is 0 Å². The number of rotatable bonds is 4. The van der Waals surface area contributed by atoms with E-state index in [4.69, 9.17) is 0 Å². The van der Waals surface area contributed by atoms with Crippen molar-refractivity contribution >= 4 is 61.1 Å². The average molecular weight is 742 g/mol. The van der Waals surface area contributed by atoms with Gasteiger partial charge in [0.2, 0.25) is 0 Å². The summed E-state index contributed by atoms with van der Waals surface area (Å²) >= 11 is 1.89. The Bertz CT molecular complexity index is 3230. The molecule has 0 radical (unpaired) electrons. The first-order valence-electron chi connectivity index (χ1n) is 19.7. The molecule has 1 aliphatic carbocycles. The van der Waals surface area contributed by atoms with Crippen LogP contribution in [0.2, 0.25) is 0 Å². The predicted molar refractivity (Wildman–Crippen MR) is 241 cm³/mol. The van der Waals surface area contributed by atoms with Crippen LogP contribution in [0.15, 0.2) is 222 Å². The monoisotopic (exact) mass is 741 g/mol. The summed E-state index contributed by atoms with van der Waals surface area (Å²) in [6, 6.07) is 79.0. The van der Waals surface area contributed by atoms with E-state index in [9.17, 15) is 0 Å². The summed E-state index contributed by atoms with van der Waals surface area (Å²) in [5, 5.41) is 7.50. The summed E-state index contributed by atoms with van der Waals surface area (Å²) in [6.45, 7) is 0. The normalized spacial score (nSPS) is 15.0. The van der Waals surface area contributed by atoms with Gasteiger partial charge in [0, 0.05) is 26.6 Å². The van der Waals surface area contributed by atoms with Crippen molar-refractivity contribution in [3.05, 3.63) is 235 Å². The number of hydrogen-bond acceptors (Lipinski definition) is 2. The second-order valence-corrected chi connectivity index (χ2v) is 16.3. The molecule has 2 aliphatic rings. The van der Waals surface area contributed by atoms with Crippen LogP contribution in [0.25, 0.3) is 54.6 Å². The number of nitrogens with zero attached hydrogens (tertiary/aromatic N) is 1. The van der Waals surface area contributed by atoms with Crippen LogP contribution in [0.3, 0.4) is 0 Å². The molecule has 1 heterocycles. The van der Waals surface area contributed by atoms with E-state index in [1.807, 2.05) is 11.8 Å². The summed E-state index contributed by atoms with van der Waals surface area (Å²) in [5.41, 5.74) is 13.2. The molecule has 1 aliphatic heterocycles. The summed E-state index contributed by atoms with van der Waals surface area (Å²) < 4.78 is 0. The van der Waals surface area contributed by atoms with E-state index in [1.54, 1.807) is 0 Å². The second kappa shape index (κ2) is 12.6. The number of hydrogen-bond donors (Lipinski definition) is 0. The van der Waals surface area contributed by atoms with Gasteiger partial charge in [-0.25, -0.2) is 0 Å². The number of fused-ring (bicyclic) bond motifs is 10. The van der Waals surface area contributed by atoms with Crippen molar-refractivity contribution in [1.29, 1.82) is 0 Å². The molecule has 1 nitrogen and oxygen atoms in total. The van der Waals surface area contributed by atoms with Gasteiger partial charge in [-0.1, -0.05) is 182 Å². The third-order valence-electron chi connectivity index (χ3n) is 12.3. The van der Waals surface area contributed by atoms with Gasteiger partial charge in [0.15, 0.2) is 0 Å². The van der Waals surface area contributed by atoms with E-state index in [0.717, 1.165) is 17.1 Å². The number of benzene rings is 10. The lowest BCUT2D eigenvalue weighted by Gasteiger charge is -2.46. The molecular formula is C55H35NS. The summed E-state index contributed by atoms with van der Waals surface area (Å²) in [4.78, 5) is 5.08. The molecule has 57 heavy (non-hydrogen) atoms. The lowest BCUT2D eigenvalue weighted by atomic mass is 9.59. The SMILES string of the molecule is c1ccc(-c2cccc3c(N(c4ccc5c(c4)C4(c6ccccc6S5)c5ccccc5-c5cccc6cccc4c56)c4ccc5ccccc5c4)cccc23)cc1. The zero-order valence-corrected chi connectivity index (χ0v) is 31.9. The predicted octanol–water partition coefficient (Wildman–Crippen LogP) is 15.1. The van der Waals surface area contributed by atoms with Gasteiger partial charge in [-0.05, 0) is 114 Å². The van der Waals surface area contributed by atoms with Crippen molar-refractivity contribution in [2.45, 2.75) is 15.2 Å². The van der Waals surface area contributed by atoms with Crippen LogP contribution in [-0.4, -0.2) is 0 Å². The largest absolute Gasteiger partial charge is 0.310 e. The van der Waals surface area contributed by atoms with Gasteiger partial charge >= 0.3 is 0 Å². The van der Waals surface area contributed by atoms with E-state index in [-0.39, 0.29) is 0 Å². The fourth-order valence-corrected chi connectivity index (χ4v) is 11.1. The summed E-state index contributed by atoms with van der Waals surface area (Å²) in [6.07, 6.45) is 0. The molecule has 0 bridgehead atoms. The first kappa shape index (κ1) is 32.4. The summed E-state index contributed by atoms with van der Waals surface area (Å²) in [5.74, 6) is 0. The minimum absolute atomic E-state index is 0.536. The minimum Gasteiger partial charge on any atom is -0.310 e. The molecule has 2 heteroatoms. The van der Waals surface area contributed by atoms with E-state index in [0.29, 0.717) is 0 Å². The highest BCUT2D eigenvalue weighted by atomic mass is 32.2. The Morgan fingerprint density at radius 1 is 0.351 bits per heavy atom. The van der Waals surface area contributed by atoms with Crippen LogP contribution in [0.4, 0.5) is 17.1 Å². The maximum absolute atomic E-state index is 2.51. The van der Waals surface area contributed by atoms with Crippen molar-refractivity contribution in [1.82, 2.24) is 0 Å². The molecule has 0 amide bonds. The Hall–Kier alpha value is -6.87. The lowest BCUT2D eigenvalue weighted by Crippen LogP contribution is -2.36. The molecule has 1 unspecified atom stereocenters. The molecule has 10 aromatic rings. The molecule has 12 rings (SSSR count). The Balaban J connectivity index is 1.18. The van der Waals surface area contributed by atoms with Gasteiger partial charge in [-0.15, -0.1) is 0 Å². The maximum atomic E-state index is 2.51. The lowest BCUT2D eigenvalue weighted by molar-refractivity contribution is 0.707. The molecule has 10 aromatic carbocycles.